The normalized spacial score (nSPS) is 12.3. The maximum atomic E-state index is 12.1. The van der Waals surface area contributed by atoms with E-state index >= 15 is 0 Å². The first-order chi connectivity index (χ1) is 11.1. The van der Waals surface area contributed by atoms with Gasteiger partial charge < -0.3 is 20.1 Å². The summed E-state index contributed by atoms with van der Waals surface area (Å²) < 4.78 is 10.6. The van der Waals surface area contributed by atoms with Crippen LogP contribution in [0.15, 0.2) is 36.7 Å². The highest BCUT2D eigenvalue weighted by Gasteiger charge is 2.13. The number of anilines is 2. The summed E-state index contributed by atoms with van der Waals surface area (Å²) in [4.78, 5) is 16.2. The number of rotatable bonds is 5. The van der Waals surface area contributed by atoms with Crippen LogP contribution in [0.5, 0.6) is 11.5 Å². The van der Waals surface area contributed by atoms with Crippen LogP contribution in [0.2, 0.25) is 0 Å². The van der Waals surface area contributed by atoms with Crippen LogP contribution in [-0.2, 0) is 0 Å². The van der Waals surface area contributed by atoms with Gasteiger partial charge in [0.05, 0.1) is 17.4 Å². The molecule has 23 heavy (non-hydrogen) atoms. The van der Waals surface area contributed by atoms with Crippen LogP contribution in [0.4, 0.5) is 11.4 Å². The lowest BCUT2D eigenvalue weighted by Gasteiger charge is -2.10. The third kappa shape index (κ3) is 3.71. The van der Waals surface area contributed by atoms with E-state index in [2.05, 4.69) is 29.5 Å². The molecule has 0 spiro atoms. The lowest BCUT2D eigenvalue weighted by molar-refractivity contribution is 0.0948. The van der Waals surface area contributed by atoms with Crippen molar-refractivity contribution in [3.05, 3.63) is 42.2 Å². The molecule has 1 aromatic carbocycles. The number of benzene rings is 1. The second-order valence-corrected chi connectivity index (χ2v) is 5.76. The Morgan fingerprint density at radius 3 is 2.83 bits per heavy atom. The average Bonchev–Trinajstić information content (AvgIpc) is 3.00. The molecule has 0 fully saturated rings. The van der Waals surface area contributed by atoms with Gasteiger partial charge in [-0.3, -0.25) is 9.78 Å². The number of carbonyl (C=O) groups excluding carboxylic acids is 1. The van der Waals surface area contributed by atoms with Gasteiger partial charge in [-0.2, -0.15) is 0 Å². The fourth-order valence-corrected chi connectivity index (χ4v) is 2.17. The minimum absolute atomic E-state index is 0.125. The molecule has 1 aliphatic heterocycles. The summed E-state index contributed by atoms with van der Waals surface area (Å²) >= 11 is 0. The molecule has 0 saturated heterocycles. The first-order valence-corrected chi connectivity index (χ1v) is 7.52. The number of amides is 1. The molecular formula is C17H19N3O3. The van der Waals surface area contributed by atoms with Crippen molar-refractivity contribution in [2.45, 2.75) is 13.8 Å². The predicted octanol–water partition coefficient (Wildman–Crippen LogP) is 2.94. The van der Waals surface area contributed by atoms with Crippen molar-refractivity contribution in [3.63, 3.8) is 0 Å². The largest absolute Gasteiger partial charge is 0.454 e. The molecule has 0 atom stereocenters. The molecule has 6 heteroatoms. The zero-order valence-corrected chi connectivity index (χ0v) is 13.1. The Bertz CT molecular complexity index is 716. The number of hydrogen-bond donors (Lipinski definition) is 2. The maximum absolute atomic E-state index is 12.1. The summed E-state index contributed by atoms with van der Waals surface area (Å²) in [7, 11) is 0. The van der Waals surface area contributed by atoms with Gasteiger partial charge in [0.2, 0.25) is 6.79 Å². The molecule has 0 radical (unpaired) electrons. The highest BCUT2D eigenvalue weighted by atomic mass is 16.7. The zero-order valence-electron chi connectivity index (χ0n) is 13.1. The molecule has 0 bridgehead atoms. The molecule has 3 rings (SSSR count). The number of hydrogen-bond acceptors (Lipinski definition) is 5. The zero-order chi connectivity index (χ0) is 16.2. The number of fused-ring (bicyclic) bond motifs is 1. The monoisotopic (exact) mass is 313 g/mol. The van der Waals surface area contributed by atoms with E-state index in [0.29, 0.717) is 23.8 Å². The van der Waals surface area contributed by atoms with Crippen LogP contribution in [0.1, 0.15) is 24.2 Å². The fraction of sp³-hybridized carbons (Fsp3) is 0.294. The van der Waals surface area contributed by atoms with Gasteiger partial charge in [-0.05, 0) is 24.1 Å². The van der Waals surface area contributed by atoms with E-state index in [-0.39, 0.29) is 12.7 Å². The van der Waals surface area contributed by atoms with Gasteiger partial charge in [0.1, 0.15) is 0 Å². The second-order valence-electron chi connectivity index (χ2n) is 5.76. The number of aromatic nitrogens is 1. The smallest absolute Gasteiger partial charge is 0.252 e. The van der Waals surface area contributed by atoms with Crippen LogP contribution < -0.4 is 20.1 Å². The van der Waals surface area contributed by atoms with E-state index in [1.807, 2.05) is 18.2 Å². The highest BCUT2D eigenvalue weighted by molar-refractivity contribution is 5.94. The fourth-order valence-electron chi connectivity index (χ4n) is 2.17. The molecule has 1 aliphatic rings. The van der Waals surface area contributed by atoms with Gasteiger partial charge in [-0.25, -0.2) is 0 Å². The molecule has 2 aromatic rings. The summed E-state index contributed by atoms with van der Waals surface area (Å²) in [5.41, 5.74) is 2.10. The Balaban J connectivity index is 1.71. The summed E-state index contributed by atoms with van der Waals surface area (Å²) in [5.74, 6) is 1.71. The molecule has 2 N–H and O–H groups in total. The second kappa shape index (κ2) is 6.56. The van der Waals surface area contributed by atoms with Gasteiger partial charge in [-0.15, -0.1) is 0 Å². The van der Waals surface area contributed by atoms with Gasteiger partial charge in [0.15, 0.2) is 11.5 Å². The van der Waals surface area contributed by atoms with Crippen LogP contribution in [0, 0.1) is 5.92 Å². The van der Waals surface area contributed by atoms with E-state index in [1.165, 1.54) is 0 Å². The number of nitrogens with one attached hydrogen (secondary N) is 2. The number of carbonyl (C=O) groups is 1. The summed E-state index contributed by atoms with van der Waals surface area (Å²) in [6.07, 6.45) is 3.23. The quantitative estimate of drug-likeness (QED) is 0.888. The van der Waals surface area contributed by atoms with Crippen LogP contribution in [-0.4, -0.2) is 24.2 Å². The van der Waals surface area contributed by atoms with Crippen LogP contribution >= 0.6 is 0 Å². The molecule has 0 aliphatic carbocycles. The van der Waals surface area contributed by atoms with E-state index in [0.717, 1.165) is 17.1 Å². The minimum Gasteiger partial charge on any atom is -0.454 e. The molecule has 2 heterocycles. The molecular weight excluding hydrogens is 294 g/mol. The van der Waals surface area contributed by atoms with E-state index < -0.39 is 0 Å². The Kier molecular flexibility index (Phi) is 4.32. The first-order valence-electron chi connectivity index (χ1n) is 7.52. The Morgan fingerprint density at radius 2 is 2.00 bits per heavy atom. The minimum atomic E-state index is -0.125. The van der Waals surface area contributed by atoms with Gasteiger partial charge in [0, 0.05) is 24.5 Å². The van der Waals surface area contributed by atoms with Crippen molar-refractivity contribution in [1.82, 2.24) is 10.3 Å². The van der Waals surface area contributed by atoms with Crippen LogP contribution in [0.3, 0.4) is 0 Å². The van der Waals surface area contributed by atoms with Crippen molar-refractivity contribution in [1.29, 1.82) is 0 Å². The lowest BCUT2D eigenvalue weighted by atomic mass is 10.2. The van der Waals surface area contributed by atoms with Gasteiger partial charge >= 0.3 is 0 Å². The average molecular weight is 313 g/mol. The Hall–Kier alpha value is -2.76. The first kappa shape index (κ1) is 15.1. The molecule has 0 saturated carbocycles. The van der Waals surface area contributed by atoms with Gasteiger partial charge in [0.25, 0.3) is 5.91 Å². The van der Waals surface area contributed by atoms with E-state index in [1.54, 1.807) is 18.5 Å². The third-order valence-electron chi connectivity index (χ3n) is 3.33. The lowest BCUT2D eigenvalue weighted by Crippen LogP contribution is -2.27. The van der Waals surface area contributed by atoms with Crippen molar-refractivity contribution < 1.29 is 14.3 Å². The van der Waals surface area contributed by atoms with E-state index in [9.17, 15) is 4.79 Å². The number of ether oxygens (including phenoxy) is 2. The molecule has 120 valence electrons. The number of nitrogens with zero attached hydrogens (tertiary/aromatic N) is 1. The van der Waals surface area contributed by atoms with Crippen molar-refractivity contribution >= 4 is 17.3 Å². The summed E-state index contributed by atoms with van der Waals surface area (Å²) in [6, 6.07) is 7.36. The predicted molar refractivity (Wildman–Crippen MR) is 87.3 cm³/mol. The van der Waals surface area contributed by atoms with Crippen LogP contribution in [0.25, 0.3) is 0 Å². The van der Waals surface area contributed by atoms with Crippen molar-refractivity contribution in [2.75, 3.05) is 18.7 Å². The molecule has 1 amide bonds. The van der Waals surface area contributed by atoms with E-state index in [4.69, 9.17) is 9.47 Å². The van der Waals surface area contributed by atoms with Gasteiger partial charge in [-0.1, -0.05) is 13.8 Å². The van der Waals surface area contributed by atoms with Crippen molar-refractivity contribution in [2.24, 2.45) is 5.92 Å². The maximum Gasteiger partial charge on any atom is 0.252 e. The standard InChI is InChI=1S/C17H19N3O3/c1-11(2)7-19-17(21)12-5-14(9-18-8-12)20-13-3-4-15-16(6-13)23-10-22-15/h3-6,8-9,11,20H,7,10H2,1-2H3,(H,19,21). The molecule has 0 unspecified atom stereocenters. The summed E-state index contributed by atoms with van der Waals surface area (Å²) in [6.45, 7) is 4.98. The Labute approximate surface area is 134 Å². The number of pyridine rings is 1. The van der Waals surface area contributed by atoms with Crippen molar-refractivity contribution in [3.8, 4) is 11.5 Å². The SMILES string of the molecule is CC(C)CNC(=O)c1cncc(Nc2ccc3c(c2)OCO3)c1. The Morgan fingerprint density at radius 1 is 1.17 bits per heavy atom. The molecule has 6 nitrogen and oxygen atoms in total. The molecule has 1 aromatic heterocycles. The third-order valence-corrected chi connectivity index (χ3v) is 3.33. The highest BCUT2D eigenvalue weighted by Crippen LogP contribution is 2.35. The summed E-state index contributed by atoms with van der Waals surface area (Å²) in [5, 5.41) is 6.10. The topological polar surface area (TPSA) is 72.5 Å².